The van der Waals surface area contributed by atoms with Crippen molar-refractivity contribution in [2.24, 2.45) is 5.73 Å². The average Bonchev–Trinajstić information content (AvgIpc) is 2.12. The zero-order valence-electron chi connectivity index (χ0n) is 7.54. The highest BCUT2D eigenvalue weighted by molar-refractivity contribution is 5.32. The molecule has 1 aromatic carbocycles. The first kappa shape index (κ1) is 10.9. The molecule has 14 heavy (non-hydrogen) atoms. The van der Waals surface area contributed by atoms with Crippen LogP contribution in [0.25, 0.3) is 0 Å². The third kappa shape index (κ3) is 2.00. The van der Waals surface area contributed by atoms with Gasteiger partial charge in [0, 0.05) is 6.04 Å². The second kappa shape index (κ2) is 3.89. The number of hydrogen-bond donors (Lipinski definition) is 3. The molecule has 0 aliphatic carbocycles. The van der Waals surface area contributed by atoms with Gasteiger partial charge in [0.2, 0.25) is 0 Å². The molecule has 2 atom stereocenters. The van der Waals surface area contributed by atoms with Crippen LogP contribution < -0.4 is 5.73 Å². The van der Waals surface area contributed by atoms with Crippen molar-refractivity contribution >= 4 is 0 Å². The van der Waals surface area contributed by atoms with Crippen molar-refractivity contribution in [2.75, 3.05) is 0 Å². The van der Waals surface area contributed by atoms with Gasteiger partial charge in [0.25, 0.3) is 0 Å². The summed E-state index contributed by atoms with van der Waals surface area (Å²) in [4.78, 5) is 0. The number of hydrogen-bond acceptors (Lipinski definition) is 3. The fraction of sp³-hybridized carbons (Fsp3) is 0.333. The topological polar surface area (TPSA) is 66.5 Å². The maximum absolute atomic E-state index is 12.8. The molecule has 0 aliphatic rings. The van der Waals surface area contributed by atoms with E-state index >= 15 is 0 Å². The molecule has 0 bridgehead atoms. The van der Waals surface area contributed by atoms with Gasteiger partial charge in [-0.1, -0.05) is 0 Å². The first-order chi connectivity index (χ1) is 6.43. The third-order valence-electron chi connectivity index (χ3n) is 1.87. The van der Waals surface area contributed by atoms with Gasteiger partial charge in [-0.05, 0) is 24.6 Å². The molecule has 1 aromatic rings. The Balaban J connectivity index is 3.12. The van der Waals surface area contributed by atoms with E-state index in [4.69, 9.17) is 10.8 Å². The monoisotopic (exact) mass is 203 g/mol. The van der Waals surface area contributed by atoms with Crippen LogP contribution in [0.4, 0.5) is 8.78 Å². The molecular weight excluding hydrogens is 192 g/mol. The van der Waals surface area contributed by atoms with E-state index in [-0.39, 0.29) is 5.56 Å². The Bertz CT molecular complexity index is 319. The molecule has 0 saturated heterocycles. The highest BCUT2D eigenvalue weighted by Gasteiger charge is 2.17. The van der Waals surface area contributed by atoms with Gasteiger partial charge < -0.3 is 15.9 Å². The number of benzene rings is 1. The predicted octanol–water partition coefficient (Wildman–Crippen LogP) is 1.05. The van der Waals surface area contributed by atoms with Gasteiger partial charge in [0.15, 0.2) is 17.4 Å². The lowest BCUT2D eigenvalue weighted by Gasteiger charge is -2.15. The van der Waals surface area contributed by atoms with Gasteiger partial charge in [-0.2, -0.15) is 4.39 Å². The number of aromatic hydroxyl groups is 1. The van der Waals surface area contributed by atoms with Crippen molar-refractivity contribution in [3.8, 4) is 5.75 Å². The SMILES string of the molecule is C[C@H](N)[C@@H](O)c1cc(O)c(F)c(F)c1. The Kier molecular flexibility index (Phi) is 3.03. The molecule has 0 heterocycles. The Labute approximate surface area is 79.8 Å². The molecule has 0 unspecified atom stereocenters. The minimum absolute atomic E-state index is 0.0522. The van der Waals surface area contributed by atoms with Crippen LogP contribution in [0.15, 0.2) is 12.1 Å². The molecule has 4 N–H and O–H groups in total. The lowest BCUT2D eigenvalue weighted by molar-refractivity contribution is 0.152. The zero-order chi connectivity index (χ0) is 10.9. The summed E-state index contributed by atoms with van der Waals surface area (Å²) in [6.07, 6.45) is -1.13. The van der Waals surface area contributed by atoms with Gasteiger partial charge >= 0.3 is 0 Å². The van der Waals surface area contributed by atoms with Crippen molar-refractivity contribution in [1.82, 2.24) is 0 Å². The van der Waals surface area contributed by atoms with E-state index in [0.717, 1.165) is 12.1 Å². The van der Waals surface area contributed by atoms with E-state index in [2.05, 4.69) is 0 Å². The molecular formula is C9H11F2NO2. The lowest BCUT2D eigenvalue weighted by Crippen LogP contribution is -2.24. The van der Waals surface area contributed by atoms with Crippen LogP contribution in [0.5, 0.6) is 5.75 Å². The standard InChI is InChI=1S/C9H11F2NO2/c1-4(12)9(14)5-2-6(10)8(11)7(13)3-5/h2-4,9,13-14H,12H2,1H3/t4-,9+/m0/s1. The minimum atomic E-state index is -1.33. The highest BCUT2D eigenvalue weighted by Crippen LogP contribution is 2.25. The zero-order valence-corrected chi connectivity index (χ0v) is 7.54. The highest BCUT2D eigenvalue weighted by atomic mass is 19.2. The molecule has 0 amide bonds. The number of rotatable bonds is 2. The van der Waals surface area contributed by atoms with E-state index in [1.165, 1.54) is 6.92 Å². The smallest absolute Gasteiger partial charge is 0.200 e. The van der Waals surface area contributed by atoms with E-state index < -0.39 is 29.5 Å². The van der Waals surface area contributed by atoms with E-state index in [9.17, 15) is 13.9 Å². The third-order valence-corrected chi connectivity index (χ3v) is 1.87. The minimum Gasteiger partial charge on any atom is -0.505 e. The number of nitrogens with two attached hydrogens (primary N) is 1. The number of phenolic OH excluding ortho intramolecular Hbond substituents is 1. The molecule has 1 rings (SSSR count). The van der Waals surface area contributed by atoms with Gasteiger partial charge in [-0.3, -0.25) is 0 Å². The van der Waals surface area contributed by atoms with Crippen molar-refractivity contribution in [3.05, 3.63) is 29.3 Å². The summed E-state index contributed by atoms with van der Waals surface area (Å²) in [5, 5.41) is 18.4. The fourth-order valence-corrected chi connectivity index (χ4v) is 1.07. The second-order valence-electron chi connectivity index (χ2n) is 3.14. The maximum atomic E-state index is 12.8. The molecule has 0 aliphatic heterocycles. The van der Waals surface area contributed by atoms with Crippen molar-refractivity contribution in [2.45, 2.75) is 19.1 Å². The molecule has 0 radical (unpaired) electrons. The largest absolute Gasteiger partial charge is 0.505 e. The molecule has 5 heteroatoms. The summed E-state index contributed by atoms with van der Waals surface area (Å²) in [7, 11) is 0. The molecule has 0 fully saturated rings. The molecule has 0 saturated carbocycles. The van der Waals surface area contributed by atoms with Crippen LogP contribution in [0.3, 0.4) is 0 Å². The summed E-state index contributed by atoms with van der Waals surface area (Å²) >= 11 is 0. The Morgan fingerprint density at radius 1 is 1.36 bits per heavy atom. The van der Waals surface area contributed by atoms with Gasteiger partial charge in [0.05, 0.1) is 6.10 Å². The number of aliphatic hydroxyl groups is 1. The number of phenols is 1. The van der Waals surface area contributed by atoms with Crippen molar-refractivity contribution in [1.29, 1.82) is 0 Å². The van der Waals surface area contributed by atoms with Gasteiger partial charge in [-0.25, -0.2) is 4.39 Å². The van der Waals surface area contributed by atoms with Gasteiger partial charge in [-0.15, -0.1) is 0 Å². The van der Waals surface area contributed by atoms with Crippen LogP contribution in [0, 0.1) is 11.6 Å². The van der Waals surface area contributed by atoms with Crippen LogP contribution in [-0.2, 0) is 0 Å². The van der Waals surface area contributed by atoms with Crippen molar-refractivity contribution < 1.29 is 19.0 Å². The molecule has 0 spiro atoms. The number of halogens is 2. The predicted molar refractivity (Wildman–Crippen MR) is 46.6 cm³/mol. The average molecular weight is 203 g/mol. The van der Waals surface area contributed by atoms with Crippen molar-refractivity contribution in [3.63, 3.8) is 0 Å². The summed E-state index contributed by atoms with van der Waals surface area (Å²) in [5.41, 5.74) is 5.41. The Morgan fingerprint density at radius 3 is 2.36 bits per heavy atom. The maximum Gasteiger partial charge on any atom is 0.200 e. The van der Waals surface area contributed by atoms with Gasteiger partial charge in [0.1, 0.15) is 0 Å². The summed E-state index contributed by atoms with van der Waals surface area (Å²) in [6.45, 7) is 1.52. The van der Waals surface area contributed by atoms with Crippen LogP contribution in [0.2, 0.25) is 0 Å². The fourth-order valence-electron chi connectivity index (χ4n) is 1.07. The molecule has 3 nitrogen and oxygen atoms in total. The van der Waals surface area contributed by atoms with E-state index in [0.29, 0.717) is 0 Å². The van der Waals surface area contributed by atoms with Crippen LogP contribution in [-0.4, -0.2) is 16.3 Å². The van der Waals surface area contributed by atoms with E-state index in [1.807, 2.05) is 0 Å². The summed E-state index contributed by atoms with van der Waals surface area (Å²) in [6, 6.07) is 1.13. The normalized spacial score (nSPS) is 15.2. The Hall–Kier alpha value is -1.20. The summed E-state index contributed by atoms with van der Waals surface area (Å²) in [5.74, 6) is -3.37. The Morgan fingerprint density at radius 2 is 1.93 bits per heavy atom. The second-order valence-corrected chi connectivity index (χ2v) is 3.14. The van der Waals surface area contributed by atoms with Crippen LogP contribution >= 0.6 is 0 Å². The first-order valence-electron chi connectivity index (χ1n) is 4.05. The molecule has 78 valence electrons. The summed E-state index contributed by atoms with van der Waals surface area (Å²) < 4.78 is 25.4. The molecule has 0 aromatic heterocycles. The van der Waals surface area contributed by atoms with E-state index in [1.54, 1.807) is 0 Å². The number of aliphatic hydroxyl groups excluding tert-OH is 1. The first-order valence-corrected chi connectivity index (χ1v) is 4.05. The lowest BCUT2D eigenvalue weighted by atomic mass is 10.0. The quantitative estimate of drug-likeness (QED) is 0.673. The van der Waals surface area contributed by atoms with Crippen LogP contribution in [0.1, 0.15) is 18.6 Å².